The second-order valence-corrected chi connectivity index (χ2v) is 5.88. The molecule has 8 nitrogen and oxygen atoms in total. The van der Waals surface area contributed by atoms with Gasteiger partial charge in [-0.15, -0.1) is 0 Å². The molecule has 0 saturated heterocycles. The Kier molecular flexibility index (Phi) is 6.71. The Morgan fingerprint density at radius 1 is 1.04 bits per heavy atom. The van der Waals surface area contributed by atoms with Crippen molar-refractivity contribution in [3.63, 3.8) is 0 Å². The average molecular weight is 363 g/mol. The van der Waals surface area contributed by atoms with Crippen LogP contribution in [0.4, 0.5) is 5.69 Å². The van der Waals surface area contributed by atoms with Crippen LogP contribution >= 0.6 is 0 Å². The first kappa shape index (κ1) is 19.4. The van der Waals surface area contributed by atoms with Gasteiger partial charge >= 0.3 is 17.9 Å². The number of hydrogen-bond acceptors (Lipinski definition) is 7. The highest BCUT2D eigenvalue weighted by atomic mass is 16.5. The van der Waals surface area contributed by atoms with E-state index in [1.165, 1.54) is 32.4 Å². The lowest BCUT2D eigenvalue weighted by molar-refractivity contribution is -0.151. The number of ether oxygens (including phenoxy) is 3. The molecule has 0 heterocycles. The van der Waals surface area contributed by atoms with Crippen LogP contribution in [0.25, 0.3) is 0 Å². The Balaban J connectivity index is 2.07. The molecule has 1 amide bonds. The minimum absolute atomic E-state index is 0.0654. The van der Waals surface area contributed by atoms with Gasteiger partial charge in [0.15, 0.2) is 6.61 Å². The Morgan fingerprint density at radius 3 is 2.31 bits per heavy atom. The molecular weight excluding hydrogens is 342 g/mol. The first-order valence-electron chi connectivity index (χ1n) is 8.23. The fourth-order valence-electron chi connectivity index (χ4n) is 2.78. The van der Waals surface area contributed by atoms with Gasteiger partial charge in [-0.1, -0.05) is 12.8 Å². The fraction of sp³-hybridized carbons (Fsp3) is 0.444. The van der Waals surface area contributed by atoms with Crippen LogP contribution in [0.3, 0.4) is 0 Å². The number of benzene rings is 1. The van der Waals surface area contributed by atoms with Crippen LogP contribution in [0.1, 0.15) is 46.4 Å². The smallest absolute Gasteiger partial charge is 0.339 e. The van der Waals surface area contributed by atoms with Crippen LogP contribution in [0.15, 0.2) is 18.2 Å². The summed E-state index contributed by atoms with van der Waals surface area (Å²) < 4.78 is 14.3. The van der Waals surface area contributed by atoms with Crippen molar-refractivity contribution < 1.29 is 33.4 Å². The van der Waals surface area contributed by atoms with Gasteiger partial charge in [0.2, 0.25) is 0 Å². The maximum atomic E-state index is 12.1. The Labute approximate surface area is 150 Å². The van der Waals surface area contributed by atoms with E-state index < -0.39 is 30.4 Å². The first-order chi connectivity index (χ1) is 12.5. The van der Waals surface area contributed by atoms with Crippen LogP contribution < -0.4 is 5.32 Å². The van der Waals surface area contributed by atoms with Crippen molar-refractivity contribution in [3.05, 3.63) is 29.3 Å². The van der Waals surface area contributed by atoms with Gasteiger partial charge in [0.1, 0.15) is 0 Å². The van der Waals surface area contributed by atoms with Crippen molar-refractivity contribution >= 4 is 29.5 Å². The van der Waals surface area contributed by atoms with E-state index in [1.54, 1.807) is 0 Å². The van der Waals surface area contributed by atoms with E-state index >= 15 is 0 Å². The van der Waals surface area contributed by atoms with E-state index in [0.29, 0.717) is 0 Å². The van der Waals surface area contributed by atoms with E-state index in [-0.39, 0.29) is 22.7 Å². The molecule has 2 rings (SSSR count). The molecule has 0 atom stereocenters. The second-order valence-electron chi connectivity index (χ2n) is 5.88. The number of anilines is 1. The first-order valence-corrected chi connectivity index (χ1v) is 8.23. The number of carbonyl (C=O) groups excluding carboxylic acids is 4. The van der Waals surface area contributed by atoms with Crippen molar-refractivity contribution in [3.8, 4) is 0 Å². The highest BCUT2D eigenvalue weighted by molar-refractivity contribution is 6.04. The van der Waals surface area contributed by atoms with Gasteiger partial charge < -0.3 is 19.5 Å². The average Bonchev–Trinajstić information content (AvgIpc) is 3.19. The third-order valence-corrected chi connectivity index (χ3v) is 4.15. The van der Waals surface area contributed by atoms with E-state index in [9.17, 15) is 19.2 Å². The summed E-state index contributed by atoms with van der Waals surface area (Å²) >= 11 is 0. The van der Waals surface area contributed by atoms with Crippen LogP contribution in [-0.2, 0) is 23.8 Å². The van der Waals surface area contributed by atoms with Crippen molar-refractivity contribution in [2.24, 2.45) is 5.92 Å². The molecule has 1 N–H and O–H groups in total. The number of carbonyl (C=O) groups is 4. The van der Waals surface area contributed by atoms with Gasteiger partial charge in [-0.05, 0) is 31.0 Å². The maximum absolute atomic E-state index is 12.1. The van der Waals surface area contributed by atoms with Crippen molar-refractivity contribution in [2.45, 2.75) is 25.7 Å². The molecule has 26 heavy (non-hydrogen) atoms. The number of hydrogen-bond donors (Lipinski definition) is 1. The van der Waals surface area contributed by atoms with Crippen molar-refractivity contribution in [1.82, 2.24) is 0 Å². The zero-order valence-corrected chi connectivity index (χ0v) is 14.7. The maximum Gasteiger partial charge on any atom is 0.339 e. The number of rotatable bonds is 6. The quantitative estimate of drug-likeness (QED) is 0.608. The van der Waals surface area contributed by atoms with Crippen molar-refractivity contribution in [1.29, 1.82) is 0 Å². The third-order valence-electron chi connectivity index (χ3n) is 4.15. The van der Waals surface area contributed by atoms with Gasteiger partial charge in [0.05, 0.1) is 37.0 Å². The molecule has 0 spiro atoms. The molecule has 0 aliphatic heterocycles. The highest BCUT2D eigenvalue weighted by Gasteiger charge is 2.25. The predicted octanol–water partition coefficient (Wildman–Crippen LogP) is 1.93. The molecule has 1 saturated carbocycles. The molecule has 1 aromatic rings. The molecule has 140 valence electrons. The summed E-state index contributed by atoms with van der Waals surface area (Å²) in [7, 11) is 2.42. The van der Waals surface area contributed by atoms with E-state index in [4.69, 9.17) is 4.74 Å². The molecule has 1 aliphatic rings. The third kappa shape index (κ3) is 4.81. The number of nitrogens with one attached hydrogen (secondary N) is 1. The van der Waals surface area contributed by atoms with Crippen LogP contribution in [0, 0.1) is 5.92 Å². The van der Waals surface area contributed by atoms with Crippen LogP contribution in [0.2, 0.25) is 0 Å². The lowest BCUT2D eigenvalue weighted by atomic mass is 10.1. The van der Waals surface area contributed by atoms with E-state index in [1.807, 2.05) is 0 Å². The topological polar surface area (TPSA) is 108 Å². The minimum Gasteiger partial charge on any atom is -0.465 e. The normalized spacial score (nSPS) is 13.8. The molecule has 1 aromatic carbocycles. The summed E-state index contributed by atoms with van der Waals surface area (Å²) in [6, 6.07) is 4.03. The number of esters is 3. The summed E-state index contributed by atoms with van der Waals surface area (Å²) in [5.41, 5.74) is 0.288. The van der Waals surface area contributed by atoms with Crippen LogP contribution in [-0.4, -0.2) is 44.6 Å². The number of methoxy groups -OCH3 is 2. The molecule has 0 radical (unpaired) electrons. The lowest BCUT2D eigenvalue weighted by Crippen LogP contribution is -2.25. The zero-order chi connectivity index (χ0) is 19.1. The van der Waals surface area contributed by atoms with Gasteiger partial charge in [0, 0.05) is 0 Å². The molecule has 8 heteroatoms. The Morgan fingerprint density at radius 2 is 1.69 bits per heavy atom. The molecule has 0 bridgehead atoms. The van der Waals surface area contributed by atoms with Crippen LogP contribution in [0.5, 0.6) is 0 Å². The molecule has 1 fully saturated rings. The summed E-state index contributed by atoms with van der Waals surface area (Å²) in [6.07, 6.45) is 3.51. The minimum atomic E-state index is -0.681. The second kappa shape index (κ2) is 8.98. The van der Waals surface area contributed by atoms with Gasteiger partial charge in [-0.2, -0.15) is 0 Å². The van der Waals surface area contributed by atoms with E-state index in [0.717, 1.165) is 25.7 Å². The molecule has 1 aliphatic carbocycles. The SMILES string of the molecule is COC(=O)c1ccc(C(=O)OC)c(NC(=O)COC(=O)C2CCCC2)c1. The largest absolute Gasteiger partial charge is 0.465 e. The van der Waals surface area contributed by atoms with Gasteiger partial charge in [0.25, 0.3) is 5.91 Å². The van der Waals surface area contributed by atoms with Gasteiger partial charge in [-0.25, -0.2) is 9.59 Å². The lowest BCUT2D eigenvalue weighted by Gasteiger charge is -2.12. The Hall–Kier alpha value is -2.90. The summed E-state index contributed by atoms with van der Waals surface area (Å²) in [5, 5.41) is 2.47. The highest BCUT2D eigenvalue weighted by Crippen LogP contribution is 2.25. The summed E-state index contributed by atoms with van der Waals surface area (Å²) in [4.78, 5) is 47.4. The monoisotopic (exact) mass is 363 g/mol. The van der Waals surface area contributed by atoms with E-state index in [2.05, 4.69) is 14.8 Å². The zero-order valence-electron chi connectivity index (χ0n) is 14.7. The molecule has 0 aromatic heterocycles. The fourth-order valence-corrected chi connectivity index (χ4v) is 2.78. The predicted molar refractivity (Wildman–Crippen MR) is 90.7 cm³/mol. The standard InChI is InChI=1S/C18H21NO7/c1-24-16(21)12-7-8-13(18(23)25-2)14(9-12)19-15(20)10-26-17(22)11-5-3-4-6-11/h7-9,11H,3-6,10H2,1-2H3,(H,19,20). The number of amides is 1. The summed E-state index contributed by atoms with van der Waals surface area (Å²) in [6.45, 7) is -0.474. The van der Waals surface area contributed by atoms with Gasteiger partial charge in [-0.3, -0.25) is 9.59 Å². The molecule has 0 unspecified atom stereocenters. The summed E-state index contributed by atoms with van der Waals surface area (Å²) in [5.74, 6) is -2.47. The Bertz CT molecular complexity index is 707. The van der Waals surface area contributed by atoms with Crippen molar-refractivity contribution in [2.75, 3.05) is 26.1 Å². The molecular formula is C18H21NO7.